The third kappa shape index (κ3) is 0.448. The van der Waals surface area contributed by atoms with Crippen LogP contribution in [0.3, 0.4) is 0 Å². The van der Waals surface area contributed by atoms with E-state index in [-0.39, 0.29) is 0 Å². The van der Waals surface area contributed by atoms with Gasteiger partial charge >= 0.3 is 0 Å². The number of hydrogen-bond donors (Lipinski definition) is 0. The van der Waals surface area contributed by atoms with Gasteiger partial charge in [-0.1, -0.05) is 0 Å². The van der Waals surface area contributed by atoms with E-state index in [4.69, 9.17) is 4.74 Å². The van der Waals surface area contributed by atoms with Crippen molar-refractivity contribution in [2.45, 2.75) is 6.42 Å². The Hall–Kier alpha value is -0.570. The Balaban J connectivity index is 2.54. The molecule has 0 radical (unpaired) electrons. The minimum Gasteiger partial charge on any atom is -0.476 e. The van der Waals surface area contributed by atoms with Gasteiger partial charge in [0.15, 0.2) is 0 Å². The molecular formula is C5H5NOS. The highest BCUT2D eigenvalue weighted by atomic mass is 32.1. The zero-order valence-corrected chi connectivity index (χ0v) is 5.07. The topological polar surface area (TPSA) is 22.1 Å². The Morgan fingerprint density at radius 1 is 1.75 bits per heavy atom. The standard InChI is InChI=1S/C5H5NOS/c1-2-7-5-4(1)8-3-6-5/h3H,1-2H2. The normalized spacial score (nSPS) is 15.5. The molecule has 0 aliphatic carbocycles. The third-order valence-electron chi connectivity index (χ3n) is 1.17. The summed E-state index contributed by atoms with van der Waals surface area (Å²) < 4.78 is 5.14. The van der Waals surface area contributed by atoms with Gasteiger partial charge in [0.25, 0.3) is 0 Å². The Labute approximate surface area is 51.1 Å². The predicted octanol–water partition coefficient (Wildman–Crippen LogP) is 1.08. The van der Waals surface area contributed by atoms with Crippen LogP contribution in [0.25, 0.3) is 0 Å². The number of fused-ring (bicyclic) bond motifs is 1. The number of nitrogens with zero attached hydrogens (tertiary/aromatic N) is 1. The summed E-state index contributed by atoms with van der Waals surface area (Å²) in [7, 11) is 0. The molecule has 1 aromatic rings. The molecule has 0 bridgehead atoms. The fourth-order valence-electron chi connectivity index (χ4n) is 0.784. The molecule has 0 fully saturated rings. The van der Waals surface area contributed by atoms with E-state index in [0.29, 0.717) is 0 Å². The fraction of sp³-hybridized carbons (Fsp3) is 0.400. The molecule has 2 rings (SSSR count). The van der Waals surface area contributed by atoms with E-state index in [9.17, 15) is 0 Å². The van der Waals surface area contributed by atoms with Crippen LogP contribution in [0.5, 0.6) is 5.88 Å². The molecule has 1 aromatic heterocycles. The second-order valence-electron chi connectivity index (χ2n) is 1.68. The number of rotatable bonds is 0. The average Bonchev–Trinajstić information content (AvgIpc) is 2.15. The Morgan fingerprint density at radius 2 is 2.75 bits per heavy atom. The van der Waals surface area contributed by atoms with E-state index in [1.54, 1.807) is 11.3 Å². The number of thiazole rings is 1. The Kier molecular flexibility index (Phi) is 0.784. The minimum absolute atomic E-state index is 0.828. The molecule has 2 nitrogen and oxygen atoms in total. The second kappa shape index (κ2) is 1.45. The maximum atomic E-state index is 5.14. The highest BCUT2D eigenvalue weighted by molar-refractivity contribution is 7.09. The lowest BCUT2D eigenvalue weighted by Gasteiger charge is -1.85. The minimum atomic E-state index is 0.828. The van der Waals surface area contributed by atoms with Gasteiger partial charge in [0, 0.05) is 6.42 Å². The van der Waals surface area contributed by atoms with E-state index in [1.807, 2.05) is 5.51 Å². The van der Waals surface area contributed by atoms with E-state index in [1.165, 1.54) is 4.88 Å². The first-order valence-corrected chi connectivity index (χ1v) is 3.40. The van der Waals surface area contributed by atoms with Crippen molar-refractivity contribution in [1.82, 2.24) is 4.98 Å². The van der Waals surface area contributed by atoms with E-state index < -0.39 is 0 Å². The number of hydrogen-bond acceptors (Lipinski definition) is 3. The van der Waals surface area contributed by atoms with Crippen molar-refractivity contribution in [3.63, 3.8) is 0 Å². The first-order chi connectivity index (χ1) is 3.97. The molecule has 8 heavy (non-hydrogen) atoms. The van der Waals surface area contributed by atoms with Crippen molar-refractivity contribution in [1.29, 1.82) is 0 Å². The fourth-order valence-corrected chi connectivity index (χ4v) is 1.47. The van der Waals surface area contributed by atoms with Crippen molar-refractivity contribution in [2.75, 3.05) is 6.61 Å². The zero-order valence-electron chi connectivity index (χ0n) is 4.26. The van der Waals surface area contributed by atoms with Crippen molar-refractivity contribution < 1.29 is 4.74 Å². The highest BCUT2D eigenvalue weighted by Crippen LogP contribution is 2.26. The molecule has 42 valence electrons. The van der Waals surface area contributed by atoms with Crippen LogP contribution in [0.4, 0.5) is 0 Å². The van der Waals surface area contributed by atoms with Crippen LogP contribution in [0.2, 0.25) is 0 Å². The summed E-state index contributed by atoms with van der Waals surface area (Å²) in [5.74, 6) is 0.856. The molecular weight excluding hydrogens is 122 g/mol. The van der Waals surface area contributed by atoms with Crippen molar-refractivity contribution in [3.8, 4) is 5.88 Å². The van der Waals surface area contributed by atoms with Gasteiger partial charge in [-0.25, -0.2) is 4.98 Å². The molecule has 0 aromatic carbocycles. The zero-order chi connectivity index (χ0) is 5.40. The van der Waals surface area contributed by atoms with Gasteiger partial charge in [-0.05, 0) is 0 Å². The molecule has 0 amide bonds. The summed E-state index contributed by atoms with van der Waals surface area (Å²) in [5, 5.41) is 0. The first-order valence-electron chi connectivity index (χ1n) is 2.52. The number of ether oxygens (including phenoxy) is 1. The summed E-state index contributed by atoms with van der Waals surface area (Å²) in [4.78, 5) is 5.29. The SMILES string of the molecule is c1nc2c(s1)CCO2. The average molecular weight is 127 g/mol. The van der Waals surface area contributed by atoms with E-state index >= 15 is 0 Å². The summed E-state index contributed by atoms with van der Waals surface area (Å²) in [6.45, 7) is 0.828. The largest absolute Gasteiger partial charge is 0.476 e. The van der Waals surface area contributed by atoms with Gasteiger partial charge in [-0.2, -0.15) is 0 Å². The van der Waals surface area contributed by atoms with E-state index in [2.05, 4.69) is 4.98 Å². The molecule has 0 N–H and O–H groups in total. The molecule has 2 heterocycles. The van der Waals surface area contributed by atoms with Gasteiger partial charge in [0.1, 0.15) is 0 Å². The van der Waals surface area contributed by atoms with E-state index in [0.717, 1.165) is 18.9 Å². The molecule has 0 saturated carbocycles. The highest BCUT2D eigenvalue weighted by Gasteiger charge is 2.13. The van der Waals surface area contributed by atoms with Crippen molar-refractivity contribution in [2.24, 2.45) is 0 Å². The summed E-state index contributed by atoms with van der Waals surface area (Å²) in [5.41, 5.74) is 1.82. The lowest BCUT2D eigenvalue weighted by atomic mass is 10.4. The van der Waals surface area contributed by atoms with Gasteiger partial charge in [-0.3, -0.25) is 0 Å². The van der Waals surface area contributed by atoms with Crippen LogP contribution in [0.15, 0.2) is 5.51 Å². The third-order valence-corrected chi connectivity index (χ3v) is 2.05. The summed E-state index contributed by atoms with van der Waals surface area (Å²) in [6, 6.07) is 0. The number of aromatic nitrogens is 1. The smallest absolute Gasteiger partial charge is 0.227 e. The molecule has 0 unspecified atom stereocenters. The second-order valence-corrected chi connectivity index (χ2v) is 2.62. The summed E-state index contributed by atoms with van der Waals surface area (Å²) in [6.07, 6.45) is 1.06. The first kappa shape index (κ1) is 4.32. The van der Waals surface area contributed by atoms with Gasteiger partial charge in [0.05, 0.1) is 17.0 Å². The Bertz CT molecular complexity index is 178. The maximum absolute atomic E-state index is 5.14. The van der Waals surface area contributed by atoms with Crippen molar-refractivity contribution >= 4 is 11.3 Å². The molecule has 0 spiro atoms. The van der Waals surface area contributed by atoms with Crippen LogP contribution >= 0.6 is 11.3 Å². The Morgan fingerprint density at radius 3 is 3.62 bits per heavy atom. The lowest BCUT2D eigenvalue weighted by Crippen LogP contribution is -1.87. The lowest BCUT2D eigenvalue weighted by molar-refractivity contribution is 0.345. The van der Waals surface area contributed by atoms with Crippen molar-refractivity contribution in [3.05, 3.63) is 10.4 Å². The molecule has 0 atom stereocenters. The van der Waals surface area contributed by atoms with Crippen LogP contribution in [0.1, 0.15) is 4.88 Å². The monoisotopic (exact) mass is 127 g/mol. The van der Waals surface area contributed by atoms with Crippen LogP contribution in [-0.4, -0.2) is 11.6 Å². The van der Waals surface area contributed by atoms with Crippen LogP contribution in [-0.2, 0) is 6.42 Å². The summed E-state index contributed by atoms with van der Waals surface area (Å²) >= 11 is 1.68. The quantitative estimate of drug-likeness (QED) is 0.520. The molecule has 1 aliphatic heterocycles. The van der Waals surface area contributed by atoms with Crippen LogP contribution in [0, 0.1) is 0 Å². The molecule has 3 heteroatoms. The van der Waals surface area contributed by atoms with Gasteiger partial charge in [-0.15, -0.1) is 11.3 Å². The predicted molar refractivity (Wildman–Crippen MR) is 31.3 cm³/mol. The maximum Gasteiger partial charge on any atom is 0.227 e. The molecule has 1 aliphatic rings. The molecule has 0 saturated heterocycles. The van der Waals surface area contributed by atoms with Crippen LogP contribution < -0.4 is 4.74 Å². The van der Waals surface area contributed by atoms with Gasteiger partial charge in [0.2, 0.25) is 5.88 Å². The van der Waals surface area contributed by atoms with Gasteiger partial charge < -0.3 is 4.74 Å².